The zero-order valence-corrected chi connectivity index (χ0v) is 8.07. The van der Waals surface area contributed by atoms with E-state index in [0.717, 1.165) is 16.8 Å². The number of nitrogens with zero attached hydrogens (tertiary/aromatic N) is 2. The zero-order chi connectivity index (χ0) is 9.97. The molecule has 0 saturated carbocycles. The van der Waals surface area contributed by atoms with Gasteiger partial charge in [-0.25, -0.2) is 0 Å². The summed E-state index contributed by atoms with van der Waals surface area (Å²) in [5.74, 6) is 0. The average molecular weight is 206 g/mol. The molecule has 2 aromatic rings. The smallest absolute Gasteiger partial charge is 0.159 e. The summed E-state index contributed by atoms with van der Waals surface area (Å²) >= 11 is 5.89. The molecule has 3 nitrogen and oxygen atoms in total. The molecule has 0 aliphatic heterocycles. The molecule has 0 atom stereocenters. The molecule has 1 aromatic carbocycles. The first-order valence-corrected chi connectivity index (χ1v) is 4.48. The lowest BCUT2D eigenvalue weighted by atomic mass is 10.1. The van der Waals surface area contributed by atoms with Crippen molar-refractivity contribution in [2.45, 2.75) is 0 Å². The number of nitrogen functional groups attached to an aromatic ring is 1. The van der Waals surface area contributed by atoms with Gasteiger partial charge in [-0.05, 0) is 23.8 Å². The molecule has 1 aromatic heterocycles. The van der Waals surface area contributed by atoms with E-state index in [4.69, 9.17) is 17.3 Å². The number of hydrogen-bond donors (Lipinski definition) is 1. The third kappa shape index (κ3) is 1.67. The van der Waals surface area contributed by atoms with E-state index in [1.807, 2.05) is 30.3 Å². The van der Waals surface area contributed by atoms with Crippen LogP contribution in [0, 0.1) is 0 Å². The molecule has 70 valence electrons. The molecule has 14 heavy (non-hydrogen) atoms. The van der Waals surface area contributed by atoms with Crippen molar-refractivity contribution in [3.8, 4) is 11.1 Å². The van der Waals surface area contributed by atoms with E-state index in [2.05, 4.69) is 10.2 Å². The number of aromatic nitrogens is 2. The molecular weight excluding hydrogens is 198 g/mol. The van der Waals surface area contributed by atoms with E-state index in [9.17, 15) is 0 Å². The second-order valence-electron chi connectivity index (χ2n) is 2.86. The molecule has 0 fully saturated rings. The van der Waals surface area contributed by atoms with Gasteiger partial charge in [0, 0.05) is 11.3 Å². The summed E-state index contributed by atoms with van der Waals surface area (Å²) in [7, 11) is 0. The fourth-order valence-corrected chi connectivity index (χ4v) is 1.41. The van der Waals surface area contributed by atoms with Crippen molar-refractivity contribution in [1.82, 2.24) is 10.2 Å². The molecule has 0 bridgehead atoms. The Hall–Kier alpha value is -1.61. The van der Waals surface area contributed by atoms with Crippen molar-refractivity contribution in [3.63, 3.8) is 0 Å². The minimum atomic E-state index is 0.400. The van der Waals surface area contributed by atoms with Gasteiger partial charge in [0.2, 0.25) is 0 Å². The van der Waals surface area contributed by atoms with Crippen LogP contribution in [0.1, 0.15) is 0 Å². The van der Waals surface area contributed by atoms with Gasteiger partial charge >= 0.3 is 0 Å². The van der Waals surface area contributed by atoms with Crippen LogP contribution in [0.15, 0.2) is 36.5 Å². The molecule has 2 rings (SSSR count). The first kappa shape index (κ1) is 8.97. The molecule has 4 heteroatoms. The first-order valence-electron chi connectivity index (χ1n) is 4.10. The zero-order valence-electron chi connectivity index (χ0n) is 7.31. The summed E-state index contributed by atoms with van der Waals surface area (Å²) in [6.07, 6.45) is 1.61. The maximum Gasteiger partial charge on any atom is 0.159 e. The molecule has 1 heterocycles. The second kappa shape index (κ2) is 3.64. The average Bonchev–Trinajstić information content (AvgIpc) is 2.20. The van der Waals surface area contributed by atoms with Crippen molar-refractivity contribution in [2.24, 2.45) is 0 Å². The number of hydrogen-bond acceptors (Lipinski definition) is 3. The third-order valence-electron chi connectivity index (χ3n) is 1.90. The highest BCUT2D eigenvalue weighted by molar-refractivity contribution is 6.32. The van der Waals surface area contributed by atoms with Gasteiger partial charge in [-0.15, -0.1) is 5.10 Å². The molecule has 0 spiro atoms. The van der Waals surface area contributed by atoms with Gasteiger partial charge in [0.15, 0.2) is 5.15 Å². The van der Waals surface area contributed by atoms with Crippen LogP contribution in [0.5, 0.6) is 0 Å². The normalized spacial score (nSPS) is 10.1. The van der Waals surface area contributed by atoms with Gasteiger partial charge in [0.05, 0.1) is 6.20 Å². The van der Waals surface area contributed by atoms with E-state index >= 15 is 0 Å². The quantitative estimate of drug-likeness (QED) is 0.728. The molecule has 0 aliphatic rings. The van der Waals surface area contributed by atoms with Crippen molar-refractivity contribution >= 4 is 17.3 Å². The van der Waals surface area contributed by atoms with Crippen LogP contribution in [0.4, 0.5) is 5.69 Å². The Labute approximate surface area is 86.5 Å². The monoisotopic (exact) mass is 205 g/mol. The summed E-state index contributed by atoms with van der Waals surface area (Å²) < 4.78 is 0. The standard InChI is InChI=1S/C10H8ClN3/c11-10-9(5-6-13-14-10)7-1-3-8(12)4-2-7/h1-6H,12H2. The number of halogens is 1. The van der Waals surface area contributed by atoms with Crippen molar-refractivity contribution in [3.05, 3.63) is 41.7 Å². The van der Waals surface area contributed by atoms with E-state index in [-0.39, 0.29) is 0 Å². The Morgan fingerprint density at radius 3 is 2.43 bits per heavy atom. The first-order chi connectivity index (χ1) is 6.77. The highest BCUT2D eigenvalue weighted by Gasteiger charge is 2.03. The summed E-state index contributed by atoms with van der Waals surface area (Å²) in [6, 6.07) is 9.27. The molecular formula is C10H8ClN3. The lowest BCUT2D eigenvalue weighted by Gasteiger charge is -2.02. The molecule has 2 N–H and O–H groups in total. The summed E-state index contributed by atoms with van der Waals surface area (Å²) in [5.41, 5.74) is 8.16. The van der Waals surface area contributed by atoms with Crippen molar-refractivity contribution in [2.75, 3.05) is 5.73 Å². The number of nitrogens with two attached hydrogens (primary N) is 1. The van der Waals surface area contributed by atoms with Gasteiger partial charge in [-0.3, -0.25) is 0 Å². The summed E-state index contributed by atoms with van der Waals surface area (Å²) in [4.78, 5) is 0. The SMILES string of the molecule is Nc1ccc(-c2ccnnc2Cl)cc1. The van der Waals surface area contributed by atoms with Gasteiger partial charge in [0.25, 0.3) is 0 Å². The van der Waals surface area contributed by atoms with Crippen molar-refractivity contribution < 1.29 is 0 Å². The number of rotatable bonds is 1. The van der Waals surface area contributed by atoms with E-state index in [1.165, 1.54) is 0 Å². The molecule has 0 aliphatic carbocycles. The minimum Gasteiger partial charge on any atom is -0.399 e. The third-order valence-corrected chi connectivity index (χ3v) is 2.18. The Bertz CT molecular complexity index is 439. The van der Waals surface area contributed by atoms with Gasteiger partial charge < -0.3 is 5.73 Å². The van der Waals surface area contributed by atoms with Crippen LogP contribution < -0.4 is 5.73 Å². The van der Waals surface area contributed by atoms with Crippen LogP contribution in [-0.2, 0) is 0 Å². The van der Waals surface area contributed by atoms with Gasteiger partial charge in [-0.2, -0.15) is 5.10 Å². The summed E-state index contributed by atoms with van der Waals surface area (Å²) in [5, 5.41) is 7.84. The van der Waals surface area contributed by atoms with Crippen LogP contribution >= 0.6 is 11.6 Å². The lowest BCUT2D eigenvalue weighted by Crippen LogP contribution is -1.87. The van der Waals surface area contributed by atoms with Gasteiger partial charge in [0.1, 0.15) is 0 Å². The fraction of sp³-hybridized carbons (Fsp3) is 0. The van der Waals surface area contributed by atoms with Gasteiger partial charge in [-0.1, -0.05) is 23.7 Å². The van der Waals surface area contributed by atoms with Crippen LogP contribution in [0.2, 0.25) is 5.15 Å². The lowest BCUT2D eigenvalue weighted by molar-refractivity contribution is 1.03. The minimum absolute atomic E-state index is 0.400. The highest BCUT2D eigenvalue weighted by atomic mass is 35.5. The summed E-state index contributed by atoms with van der Waals surface area (Å²) in [6.45, 7) is 0. The predicted octanol–water partition coefficient (Wildman–Crippen LogP) is 2.38. The Morgan fingerprint density at radius 2 is 1.79 bits per heavy atom. The molecule has 0 saturated heterocycles. The number of benzene rings is 1. The van der Waals surface area contributed by atoms with Crippen LogP contribution in [-0.4, -0.2) is 10.2 Å². The van der Waals surface area contributed by atoms with Crippen LogP contribution in [0.3, 0.4) is 0 Å². The molecule has 0 radical (unpaired) electrons. The van der Waals surface area contributed by atoms with E-state index < -0.39 is 0 Å². The number of anilines is 1. The maximum atomic E-state index is 5.89. The van der Waals surface area contributed by atoms with Crippen molar-refractivity contribution in [1.29, 1.82) is 0 Å². The molecule has 0 amide bonds. The Kier molecular flexibility index (Phi) is 2.33. The largest absolute Gasteiger partial charge is 0.399 e. The second-order valence-corrected chi connectivity index (χ2v) is 3.22. The molecule has 0 unspecified atom stereocenters. The van der Waals surface area contributed by atoms with Crippen LogP contribution in [0.25, 0.3) is 11.1 Å². The Morgan fingerprint density at radius 1 is 1.07 bits per heavy atom. The van der Waals surface area contributed by atoms with E-state index in [1.54, 1.807) is 6.20 Å². The predicted molar refractivity (Wildman–Crippen MR) is 56.9 cm³/mol. The van der Waals surface area contributed by atoms with E-state index in [0.29, 0.717) is 5.15 Å². The highest BCUT2D eigenvalue weighted by Crippen LogP contribution is 2.25. The Balaban J connectivity index is 2.50. The maximum absolute atomic E-state index is 5.89. The fourth-order valence-electron chi connectivity index (χ4n) is 1.19. The topological polar surface area (TPSA) is 51.8 Å².